The SMILES string of the molecule is CCOc1c/c(=N/C(=O)Nc2cccc(C)c2)cnn1-c1ccccc1. The third-order valence-corrected chi connectivity index (χ3v) is 3.58. The molecule has 1 N–H and O–H groups in total. The second-order valence-corrected chi connectivity index (χ2v) is 5.64. The lowest BCUT2D eigenvalue weighted by Crippen LogP contribution is -2.17. The summed E-state index contributed by atoms with van der Waals surface area (Å²) in [5, 5.41) is 7.53. The zero-order valence-corrected chi connectivity index (χ0v) is 14.7. The number of benzene rings is 2. The van der Waals surface area contributed by atoms with Crippen LogP contribution in [0.15, 0.2) is 71.9 Å². The monoisotopic (exact) mass is 348 g/mol. The van der Waals surface area contributed by atoms with Crippen LogP contribution in [0, 0.1) is 6.92 Å². The highest BCUT2D eigenvalue weighted by atomic mass is 16.5. The molecular formula is C20H20N4O2. The topological polar surface area (TPSA) is 68.5 Å². The van der Waals surface area contributed by atoms with Gasteiger partial charge in [-0.1, -0.05) is 30.3 Å². The number of nitrogens with one attached hydrogen (secondary N) is 1. The van der Waals surface area contributed by atoms with Crippen LogP contribution in [0.25, 0.3) is 5.69 Å². The average molecular weight is 348 g/mol. The van der Waals surface area contributed by atoms with E-state index in [1.807, 2.05) is 68.4 Å². The lowest BCUT2D eigenvalue weighted by atomic mass is 10.2. The maximum atomic E-state index is 12.2. The van der Waals surface area contributed by atoms with E-state index < -0.39 is 6.03 Å². The molecule has 132 valence electrons. The fraction of sp³-hybridized carbons (Fsp3) is 0.150. The Balaban J connectivity index is 1.89. The number of carbonyl (C=O) groups excluding carboxylic acids is 1. The highest BCUT2D eigenvalue weighted by Gasteiger charge is 2.06. The first-order valence-corrected chi connectivity index (χ1v) is 8.35. The second kappa shape index (κ2) is 8.11. The van der Waals surface area contributed by atoms with Crippen LogP contribution < -0.4 is 15.4 Å². The van der Waals surface area contributed by atoms with E-state index in [9.17, 15) is 4.79 Å². The fourth-order valence-electron chi connectivity index (χ4n) is 2.47. The zero-order valence-electron chi connectivity index (χ0n) is 14.7. The van der Waals surface area contributed by atoms with Gasteiger partial charge in [-0.25, -0.2) is 9.48 Å². The predicted molar refractivity (Wildman–Crippen MR) is 100 cm³/mol. The maximum absolute atomic E-state index is 12.2. The van der Waals surface area contributed by atoms with Gasteiger partial charge >= 0.3 is 6.03 Å². The summed E-state index contributed by atoms with van der Waals surface area (Å²) in [5.74, 6) is 0.517. The van der Waals surface area contributed by atoms with Crippen molar-refractivity contribution in [3.63, 3.8) is 0 Å². The summed E-state index contributed by atoms with van der Waals surface area (Å²) in [5.41, 5.74) is 2.63. The van der Waals surface area contributed by atoms with Crippen LogP contribution in [0.4, 0.5) is 10.5 Å². The van der Waals surface area contributed by atoms with Gasteiger partial charge in [0, 0.05) is 11.8 Å². The summed E-state index contributed by atoms with van der Waals surface area (Å²) in [6, 6.07) is 18.4. The van der Waals surface area contributed by atoms with Crippen molar-refractivity contribution in [2.45, 2.75) is 13.8 Å². The molecule has 0 radical (unpaired) electrons. The first kappa shape index (κ1) is 17.4. The van der Waals surface area contributed by atoms with E-state index in [-0.39, 0.29) is 0 Å². The first-order chi connectivity index (χ1) is 12.7. The molecule has 0 aliphatic carbocycles. The van der Waals surface area contributed by atoms with E-state index in [1.54, 1.807) is 10.7 Å². The van der Waals surface area contributed by atoms with Gasteiger partial charge in [0.25, 0.3) is 0 Å². The van der Waals surface area contributed by atoms with Gasteiger partial charge in [-0.05, 0) is 43.7 Å². The summed E-state index contributed by atoms with van der Waals surface area (Å²) in [6.45, 7) is 4.33. The molecule has 0 aliphatic rings. The van der Waals surface area contributed by atoms with Crippen molar-refractivity contribution in [2.75, 3.05) is 11.9 Å². The molecule has 0 bridgehead atoms. The zero-order chi connectivity index (χ0) is 18.4. The number of anilines is 1. The molecule has 0 spiro atoms. The fourth-order valence-corrected chi connectivity index (χ4v) is 2.47. The standard InChI is InChI=1S/C20H20N4O2/c1-3-26-19-13-17(14-21-24(19)18-10-5-4-6-11-18)23-20(25)22-16-9-7-8-15(2)12-16/h4-14H,3H2,1-2H3,(H,22,25)/b23-17-. The van der Waals surface area contributed by atoms with Crippen LogP contribution in [-0.2, 0) is 0 Å². The number of para-hydroxylation sites is 1. The van der Waals surface area contributed by atoms with E-state index in [2.05, 4.69) is 15.4 Å². The average Bonchev–Trinajstić information content (AvgIpc) is 2.63. The Labute approximate surface area is 151 Å². The van der Waals surface area contributed by atoms with Crippen molar-refractivity contribution < 1.29 is 9.53 Å². The Morgan fingerprint density at radius 3 is 2.69 bits per heavy atom. The van der Waals surface area contributed by atoms with E-state index in [0.717, 1.165) is 11.3 Å². The molecule has 0 unspecified atom stereocenters. The highest BCUT2D eigenvalue weighted by Crippen LogP contribution is 2.14. The molecule has 2 amide bonds. The van der Waals surface area contributed by atoms with Crippen LogP contribution in [0.1, 0.15) is 12.5 Å². The summed E-state index contributed by atoms with van der Waals surface area (Å²) >= 11 is 0. The Bertz CT molecular complexity index is 965. The molecule has 3 rings (SSSR count). The number of amides is 2. The maximum Gasteiger partial charge on any atom is 0.345 e. The second-order valence-electron chi connectivity index (χ2n) is 5.64. The quantitative estimate of drug-likeness (QED) is 0.781. The summed E-state index contributed by atoms with van der Waals surface area (Å²) in [4.78, 5) is 16.2. The van der Waals surface area contributed by atoms with E-state index in [4.69, 9.17) is 4.74 Å². The van der Waals surface area contributed by atoms with Gasteiger partial charge in [0.15, 0.2) is 0 Å². The largest absolute Gasteiger partial charge is 0.478 e. The Kier molecular flexibility index (Phi) is 5.43. The minimum absolute atomic E-state index is 0.422. The molecule has 0 atom stereocenters. The number of carbonyl (C=O) groups is 1. The van der Waals surface area contributed by atoms with Crippen LogP contribution in [0.3, 0.4) is 0 Å². The Morgan fingerprint density at radius 2 is 1.96 bits per heavy atom. The van der Waals surface area contributed by atoms with Crippen molar-refractivity contribution in [1.29, 1.82) is 0 Å². The number of aryl methyl sites for hydroxylation is 1. The number of aromatic nitrogens is 2. The molecule has 0 saturated heterocycles. The number of ether oxygens (including phenoxy) is 1. The molecular weight excluding hydrogens is 328 g/mol. The third-order valence-electron chi connectivity index (χ3n) is 3.58. The van der Waals surface area contributed by atoms with Crippen molar-refractivity contribution in [3.05, 3.63) is 77.8 Å². The van der Waals surface area contributed by atoms with Crippen LogP contribution >= 0.6 is 0 Å². The molecule has 3 aromatic rings. The molecule has 0 fully saturated rings. The lowest BCUT2D eigenvalue weighted by molar-refractivity contribution is 0.259. The van der Waals surface area contributed by atoms with Crippen LogP contribution in [0.2, 0.25) is 0 Å². The van der Waals surface area contributed by atoms with E-state index in [0.29, 0.717) is 23.5 Å². The lowest BCUT2D eigenvalue weighted by Gasteiger charge is -2.11. The smallest absolute Gasteiger partial charge is 0.345 e. The van der Waals surface area contributed by atoms with Crippen LogP contribution in [-0.4, -0.2) is 22.4 Å². The van der Waals surface area contributed by atoms with Crippen molar-refractivity contribution in [3.8, 4) is 11.6 Å². The number of hydrogen-bond donors (Lipinski definition) is 1. The Hall–Kier alpha value is -3.41. The number of urea groups is 1. The van der Waals surface area contributed by atoms with Crippen LogP contribution in [0.5, 0.6) is 5.88 Å². The number of hydrogen-bond acceptors (Lipinski definition) is 3. The third kappa shape index (κ3) is 4.36. The molecule has 26 heavy (non-hydrogen) atoms. The van der Waals surface area contributed by atoms with Crippen molar-refractivity contribution in [2.24, 2.45) is 4.99 Å². The Morgan fingerprint density at radius 1 is 1.15 bits per heavy atom. The summed E-state index contributed by atoms with van der Waals surface area (Å²) < 4.78 is 7.32. The van der Waals surface area contributed by atoms with Gasteiger partial charge in [-0.15, -0.1) is 0 Å². The van der Waals surface area contributed by atoms with E-state index in [1.165, 1.54) is 6.20 Å². The minimum Gasteiger partial charge on any atom is -0.478 e. The highest BCUT2D eigenvalue weighted by molar-refractivity contribution is 5.90. The normalized spacial score (nSPS) is 11.2. The molecule has 6 nitrogen and oxygen atoms in total. The summed E-state index contributed by atoms with van der Waals surface area (Å²) in [6.07, 6.45) is 1.53. The molecule has 1 heterocycles. The van der Waals surface area contributed by atoms with Crippen molar-refractivity contribution >= 4 is 11.7 Å². The van der Waals surface area contributed by atoms with Crippen molar-refractivity contribution in [1.82, 2.24) is 9.78 Å². The van der Waals surface area contributed by atoms with Gasteiger partial charge in [0.1, 0.15) is 0 Å². The van der Waals surface area contributed by atoms with Gasteiger partial charge in [-0.2, -0.15) is 10.1 Å². The molecule has 1 aromatic heterocycles. The predicted octanol–water partition coefficient (Wildman–Crippen LogP) is 3.71. The van der Waals surface area contributed by atoms with Gasteiger partial charge in [0.05, 0.1) is 23.8 Å². The van der Waals surface area contributed by atoms with Gasteiger partial charge < -0.3 is 10.1 Å². The molecule has 2 aromatic carbocycles. The van der Waals surface area contributed by atoms with Gasteiger partial charge in [0.2, 0.25) is 5.88 Å². The van der Waals surface area contributed by atoms with E-state index >= 15 is 0 Å². The molecule has 0 saturated carbocycles. The summed E-state index contributed by atoms with van der Waals surface area (Å²) in [7, 11) is 0. The van der Waals surface area contributed by atoms with Gasteiger partial charge in [-0.3, -0.25) is 0 Å². The molecule has 6 heteroatoms. The molecule has 0 aliphatic heterocycles. The number of rotatable bonds is 4. The number of nitrogens with zero attached hydrogens (tertiary/aromatic N) is 3. The first-order valence-electron chi connectivity index (χ1n) is 8.35. The minimum atomic E-state index is -0.461.